The second-order valence-electron chi connectivity index (χ2n) is 5.06. The molecule has 0 aromatic heterocycles. The third-order valence-corrected chi connectivity index (χ3v) is 6.45. The van der Waals surface area contributed by atoms with Gasteiger partial charge in [-0.25, -0.2) is 8.42 Å². The van der Waals surface area contributed by atoms with Crippen molar-refractivity contribution in [3.05, 3.63) is 0 Å². The number of carbonyl (C=O) groups is 1. The van der Waals surface area contributed by atoms with E-state index in [4.69, 9.17) is 5.11 Å². The minimum atomic E-state index is -3.28. The van der Waals surface area contributed by atoms with Crippen LogP contribution in [0.4, 0.5) is 0 Å². The van der Waals surface area contributed by atoms with Gasteiger partial charge in [0, 0.05) is 0 Å². The van der Waals surface area contributed by atoms with Crippen molar-refractivity contribution in [1.82, 2.24) is 0 Å². The fourth-order valence-electron chi connectivity index (χ4n) is 2.60. The first-order valence-electron chi connectivity index (χ1n) is 6.32. The highest BCUT2D eigenvalue weighted by Crippen LogP contribution is 2.32. The lowest BCUT2D eigenvalue weighted by molar-refractivity contribution is -0.136. The lowest BCUT2D eigenvalue weighted by atomic mass is 9.87. The van der Waals surface area contributed by atoms with Crippen molar-refractivity contribution in [3.8, 4) is 0 Å². The molecule has 1 aliphatic rings. The summed E-state index contributed by atoms with van der Waals surface area (Å²) in [6.07, 6.45) is 4.19. The molecule has 0 aromatic rings. The van der Waals surface area contributed by atoms with Crippen LogP contribution in [-0.4, -0.2) is 30.0 Å². The number of hydrogen-bond acceptors (Lipinski definition) is 3. The van der Waals surface area contributed by atoms with Crippen molar-refractivity contribution < 1.29 is 18.3 Å². The average Bonchev–Trinajstić information content (AvgIpc) is 2.28. The molecular weight excluding hydrogens is 240 g/mol. The molecule has 3 atom stereocenters. The van der Waals surface area contributed by atoms with Gasteiger partial charge in [-0.05, 0) is 25.7 Å². The first-order valence-corrected chi connectivity index (χ1v) is 7.93. The topological polar surface area (TPSA) is 71.4 Å². The van der Waals surface area contributed by atoms with E-state index in [0.29, 0.717) is 18.8 Å². The Hall–Kier alpha value is -0.580. The Labute approximate surface area is 103 Å². The zero-order chi connectivity index (χ0) is 13.1. The molecule has 1 rings (SSSR count). The average molecular weight is 262 g/mol. The van der Waals surface area contributed by atoms with Crippen LogP contribution in [0.1, 0.15) is 52.4 Å². The van der Waals surface area contributed by atoms with Gasteiger partial charge in [0.1, 0.15) is 0 Å². The lowest BCUT2D eigenvalue weighted by Gasteiger charge is -2.29. The zero-order valence-corrected chi connectivity index (χ0v) is 11.4. The van der Waals surface area contributed by atoms with Crippen molar-refractivity contribution in [2.75, 3.05) is 0 Å². The van der Waals surface area contributed by atoms with Crippen molar-refractivity contribution in [2.24, 2.45) is 5.92 Å². The van der Waals surface area contributed by atoms with Gasteiger partial charge in [0.15, 0.2) is 9.84 Å². The molecule has 3 unspecified atom stereocenters. The molecule has 4 nitrogen and oxygen atoms in total. The van der Waals surface area contributed by atoms with Crippen LogP contribution in [0.25, 0.3) is 0 Å². The summed E-state index contributed by atoms with van der Waals surface area (Å²) in [5.74, 6) is -0.551. The van der Waals surface area contributed by atoms with Gasteiger partial charge in [0.25, 0.3) is 0 Å². The largest absolute Gasteiger partial charge is 0.481 e. The van der Waals surface area contributed by atoms with Crippen LogP contribution < -0.4 is 0 Å². The number of hydrogen-bond donors (Lipinski definition) is 1. The fraction of sp³-hybridized carbons (Fsp3) is 0.917. The monoisotopic (exact) mass is 262 g/mol. The van der Waals surface area contributed by atoms with Gasteiger partial charge in [0.05, 0.1) is 16.9 Å². The van der Waals surface area contributed by atoms with Gasteiger partial charge >= 0.3 is 5.97 Å². The van der Waals surface area contributed by atoms with E-state index in [-0.39, 0.29) is 11.7 Å². The van der Waals surface area contributed by atoms with Crippen LogP contribution in [0, 0.1) is 5.92 Å². The molecule has 17 heavy (non-hydrogen) atoms. The zero-order valence-electron chi connectivity index (χ0n) is 10.6. The Bertz CT molecular complexity index is 361. The van der Waals surface area contributed by atoms with Gasteiger partial charge in [-0.1, -0.05) is 26.2 Å². The van der Waals surface area contributed by atoms with Crippen LogP contribution in [0.3, 0.4) is 0 Å². The number of aliphatic carboxylic acids is 1. The van der Waals surface area contributed by atoms with E-state index in [2.05, 4.69) is 6.92 Å². The molecule has 1 saturated carbocycles. The molecule has 1 aliphatic carbocycles. The maximum absolute atomic E-state index is 12.2. The molecule has 5 heteroatoms. The second-order valence-corrected chi connectivity index (χ2v) is 7.71. The lowest BCUT2D eigenvalue weighted by Crippen LogP contribution is -2.35. The molecule has 0 heterocycles. The Kier molecular flexibility index (Phi) is 4.98. The predicted octanol–water partition coefficient (Wildman–Crippen LogP) is 2.23. The van der Waals surface area contributed by atoms with E-state index in [1.54, 1.807) is 0 Å². The summed E-state index contributed by atoms with van der Waals surface area (Å²) in [6.45, 7) is 3.60. The summed E-state index contributed by atoms with van der Waals surface area (Å²) >= 11 is 0. The fourth-order valence-corrected chi connectivity index (χ4v) is 4.67. The van der Waals surface area contributed by atoms with Crippen LogP contribution in [-0.2, 0) is 14.6 Å². The normalized spacial score (nSPS) is 27.6. The molecule has 0 radical (unpaired) electrons. The van der Waals surface area contributed by atoms with E-state index >= 15 is 0 Å². The quantitative estimate of drug-likeness (QED) is 0.824. The second kappa shape index (κ2) is 5.85. The number of sulfone groups is 1. The van der Waals surface area contributed by atoms with Crippen LogP contribution in [0.5, 0.6) is 0 Å². The van der Waals surface area contributed by atoms with Gasteiger partial charge in [-0.3, -0.25) is 4.79 Å². The van der Waals surface area contributed by atoms with E-state index < -0.39 is 21.1 Å². The van der Waals surface area contributed by atoms with E-state index in [9.17, 15) is 13.2 Å². The first kappa shape index (κ1) is 14.5. The summed E-state index contributed by atoms with van der Waals surface area (Å²) in [5.41, 5.74) is 0. The molecule has 0 saturated heterocycles. The van der Waals surface area contributed by atoms with E-state index in [1.165, 1.54) is 6.92 Å². The molecule has 0 aliphatic heterocycles. The molecule has 1 N–H and O–H groups in total. The Balaban J connectivity index is 2.72. The van der Waals surface area contributed by atoms with Crippen molar-refractivity contribution >= 4 is 15.8 Å². The number of carboxylic acids is 1. The molecule has 0 aromatic carbocycles. The van der Waals surface area contributed by atoms with Crippen molar-refractivity contribution in [3.63, 3.8) is 0 Å². The highest BCUT2D eigenvalue weighted by Gasteiger charge is 2.35. The van der Waals surface area contributed by atoms with Crippen LogP contribution in [0.2, 0.25) is 0 Å². The summed E-state index contributed by atoms with van der Waals surface area (Å²) in [6, 6.07) is 0. The predicted molar refractivity (Wildman–Crippen MR) is 66.7 cm³/mol. The third-order valence-electron chi connectivity index (χ3n) is 3.80. The summed E-state index contributed by atoms with van der Waals surface area (Å²) in [5, 5.41) is 7.59. The van der Waals surface area contributed by atoms with E-state index in [0.717, 1.165) is 19.3 Å². The molecule has 100 valence electrons. The molecular formula is C12H22O4S. The first-order chi connectivity index (χ1) is 7.87. The molecule has 0 amide bonds. The summed E-state index contributed by atoms with van der Waals surface area (Å²) in [7, 11) is -3.28. The van der Waals surface area contributed by atoms with Crippen LogP contribution >= 0.6 is 0 Å². The molecule has 1 fully saturated rings. The molecule has 0 bridgehead atoms. The highest BCUT2D eigenvalue weighted by atomic mass is 32.2. The highest BCUT2D eigenvalue weighted by molar-refractivity contribution is 7.92. The standard InChI is InChI=1S/C12H22O4S/c1-3-10-5-4-6-11(8-10)17(15,16)9(2)7-12(13)14/h9-11H,3-8H2,1-2H3,(H,13,14). The maximum atomic E-state index is 12.2. The Morgan fingerprint density at radius 2 is 2.06 bits per heavy atom. The van der Waals surface area contributed by atoms with Gasteiger partial charge < -0.3 is 5.11 Å². The Morgan fingerprint density at radius 3 is 2.59 bits per heavy atom. The third kappa shape index (κ3) is 3.69. The SMILES string of the molecule is CCC1CCCC(S(=O)(=O)C(C)CC(=O)O)C1. The van der Waals surface area contributed by atoms with Crippen molar-refractivity contribution in [2.45, 2.75) is 62.9 Å². The summed E-state index contributed by atoms with van der Waals surface area (Å²) < 4.78 is 24.4. The van der Waals surface area contributed by atoms with Gasteiger partial charge in [0.2, 0.25) is 0 Å². The Morgan fingerprint density at radius 1 is 1.41 bits per heavy atom. The van der Waals surface area contributed by atoms with Crippen molar-refractivity contribution in [1.29, 1.82) is 0 Å². The number of carboxylic acid groups (broad SMARTS) is 1. The minimum absolute atomic E-state index is 0.282. The van der Waals surface area contributed by atoms with E-state index in [1.807, 2.05) is 0 Å². The minimum Gasteiger partial charge on any atom is -0.481 e. The van der Waals surface area contributed by atoms with Crippen LogP contribution in [0.15, 0.2) is 0 Å². The van der Waals surface area contributed by atoms with Gasteiger partial charge in [-0.15, -0.1) is 0 Å². The smallest absolute Gasteiger partial charge is 0.304 e. The van der Waals surface area contributed by atoms with Gasteiger partial charge in [-0.2, -0.15) is 0 Å². The molecule has 0 spiro atoms. The maximum Gasteiger partial charge on any atom is 0.304 e. The number of rotatable bonds is 5. The summed E-state index contributed by atoms with van der Waals surface area (Å²) in [4.78, 5) is 10.6.